The Hall–Kier alpha value is -3.15. The molecule has 0 radical (unpaired) electrons. The summed E-state index contributed by atoms with van der Waals surface area (Å²) in [6, 6.07) is 12.9. The Morgan fingerprint density at radius 3 is 2.73 bits per heavy atom. The maximum Gasteiger partial charge on any atom is 0.271 e. The van der Waals surface area contributed by atoms with Crippen LogP contribution in [0.25, 0.3) is 0 Å². The number of aryl methyl sites for hydroxylation is 2. The summed E-state index contributed by atoms with van der Waals surface area (Å²) in [5, 5.41) is 8.48. The molecule has 1 aliphatic rings. The molecule has 0 saturated heterocycles. The van der Waals surface area contributed by atoms with Crippen LogP contribution in [0.15, 0.2) is 47.6 Å². The topological polar surface area (TPSA) is 71.0 Å². The number of nitrogens with zero attached hydrogens (tertiary/aromatic N) is 2. The van der Waals surface area contributed by atoms with E-state index in [1.165, 1.54) is 5.01 Å². The van der Waals surface area contributed by atoms with Gasteiger partial charge in [-0.2, -0.15) is 5.10 Å². The molecular formula is C20H21N3O3. The van der Waals surface area contributed by atoms with Gasteiger partial charge >= 0.3 is 0 Å². The third kappa shape index (κ3) is 3.74. The Labute approximate surface area is 152 Å². The van der Waals surface area contributed by atoms with Crippen LogP contribution in [0.2, 0.25) is 0 Å². The molecule has 0 saturated carbocycles. The van der Waals surface area contributed by atoms with Gasteiger partial charge in [0.05, 0.1) is 12.8 Å². The summed E-state index contributed by atoms with van der Waals surface area (Å²) in [7, 11) is 1.57. The Morgan fingerprint density at radius 2 is 1.96 bits per heavy atom. The number of hydrogen-bond acceptors (Lipinski definition) is 4. The number of carbonyl (C=O) groups excluding carboxylic acids is 2. The predicted molar refractivity (Wildman–Crippen MR) is 102 cm³/mol. The van der Waals surface area contributed by atoms with E-state index in [0.717, 1.165) is 11.1 Å². The van der Waals surface area contributed by atoms with Gasteiger partial charge in [0.15, 0.2) is 0 Å². The van der Waals surface area contributed by atoms with Gasteiger partial charge in [0.1, 0.15) is 11.5 Å². The highest BCUT2D eigenvalue weighted by Gasteiger charge is 2.26. The lowest BCUT2D eigenvalue weighted by Crippen LogP contribution is -2.36. The van der Waals surface area contributed by atoms with Crippen LogP contribution in [-0.4, -0.2) is 24.6 Å². The minimum Gasteiger partial charge on any atom is -0.497 e. The van der Waals surface area contributed by atoms with E-state index in [9.17, 15) is 9.59 Å². The van der Waals surface area contributed by atoms with Crippen molar-refractivity contribution in [3.63, 3.8) is 0 Å². The van der Waals surface area contributed by atoms with E-state index >= 15 is 0 Å². The van der Waals surface area contributed by atoms with Gasteiger partial charge in [-0.25, -0.2) is 5.01 Å². The fraction of sp³-hybridized carbons (Fsp3) is 0.250. The van der Waals surface area contributed by atoms with Gasteiger partial charge in [-0.1, -0.05) is 18.2 Å². The van der Waals surface area contributed by atoms with Crippen molar-refractivity contribution in [2.45, 2.75) is 26.7 Å². The van der Waals surface area contributed by atoms with E-state index in [2.05, 4.69) is 10.4 Å². The fourth-order valence-corrected chi connectivity index (χ4v) is 2.76. The van der Waals surface area contributed by atoms with Gasteiger partial charge in [0, 0.05) is 24.6 Å². The highest BCUT2D eigenvalue weighted by molar-refractivity contribution is 6.44. The number of benzene rings is 2. The van der Waals surface area contributed by atoms with Crippen LogP contribution < -0.4 is 15.1 Å². The zero-order valence-electron chi connectivity index (χ0n) is 15.1. The van der Waals surface area contributed by atoms with Gasteiger partial charge in [-0.3, -0.25) is 9.59 Å². The molecule has 0 fully saturated rings. The second-order valence-electron chi connectivity index (χ2n) is 6.23. The van der Waals surface area contributed by atoms with Crippen molar-refractivity contribution < 1.29 is 14.3 Å². The number of carbonyl (C=O) groups is 2. The van der Waals surface area contributed by atoms with Crippen LogP contribution in [0.4, 0.5) is 11.4 Å². The van der Waals surface area contributed by atoms with Crippen molar-refractivity contribution in [2.75, 3.05) is 17.4 Å². The van der Waals surface area contributed by atoms with Crippen molar-refractivity contribution in [2.24, 2.45) is 5.10 Å². The van der Waals surface area contributed by atoms with Gasteiger partial charge in [-0.05, 0) is 43.2 Å². The van der Waals surface area contributed by atoms with Crippen molar-refractivity contribution in [1.29, 1.82) is 0 Å². The molecule has 1 heterocycles. The molecule has 2 aromatic rings. The minimum atomic E-state index is -0.318. The number of rotatable bonds is 4. The average Bonchev–Trinajstić information content (AvgIpc) is 2.64. The SMILES string of the molecule is COc1cccc(NC(=O)C2=NN(c3cc(C)ccc3C)C(=O)CC2)c1. The first kappa shape index (κ1) is 17.7. The largest absolute Gasteiger partial charge is 0.497 e. The average molecular weight is 351 g/mol. The molecule has 6 heteroatoms. The van der Waals surface area contributed by atoms with Crippen LogP contribution in [0.3, 0.4) is 0 Å². The molecule has 26 heavy (non-hydrogen) atoms. The maximum atomic E-state index is 12.6. The van der Waals surface area contributed by atoms with Gasteiger partial charge in [0.2, 0.25) is 5.91 Å². The third-order valence-electron chi connectivity index (χ3n) is 4.22. The molecule has 6 nitrogen and oxygen atoms in total. The summed E-state index contributed by atoms with van der Waals surface area (Å²) in [5.41, 5.74) is 3.62. The van der Waals surface area contributed by atoms with E-state index in [0.29, 0.717) is 29.3 Å². The Balaban J connectivity index is 1.86. The van der Waals surface area contributed by atoms with E-state index in [1.54, 1.807) is 31.4 Å². The van der Waals surface area contributed by atoms with Gasteiger partial charge in [0.25, 0.3) is 5.91 Å². The van der Waals surface area contributed by atoms with Crippen LogP contribution in [0.5, 0.6) is 5.75 Å². The number of hydrazone groups is 1. The number of anilines is 2. The van der Waals surface area contributed by atoms with Crippen LogP contribution in [0, 0.1) is 13.8 Å². The first-order valence-corrected chi connectivity index (χ1v) is 8.41. The van der Waals surface area contributed by atoms with Gasteiger partial charge < -0.3 is 10.1 Å². The lowest BCUT2D eigenvalue weighted by molar-refractivity contribution is -0.118. The normalized spacial score (nSPS) is 14.0. The van der Waals surface area contributed by atoms with Crippen molar-refractivity contribution >= 4 is 28.9 Å². The highest BCUT2D eigenvalue weighted by atomic mass is 16.5. The number of methoxy groups -OCH3 is 1. The molecule has 0 bridgehead atoms. The molecule has 2 aromatic carbocycles. The third-order valence-corrected chi connectivity index (χ3v) is 4.22. The molecule has 0 spiro atoms. The molecule has 1 N–H and O–H groups in total. The predicted octanol–water partition coefficient (Wildman–Crippen LogP) is 3.43. The summed E-state index contributed by atoms with van der Waals surface area (Å²) in [5.74, 6) is 0.221. The molecule has 0 atom stereocenters. The Morgan fingerprint density at radius 1 is 1.15 bits per heavy atom. The molecule has 2 amide bonds. The zero-order valence-corrected chi connectivity index (χ0v) is 15.1. The van der Waals surface area contributed by atoms with Crippen LogP contribution in [0.1, 0.15) is 24.0 Å². The number of hydrogen-bond donors (Lipinski definition) is 1. The number of amides is 2. The fourth-order valence-electron chi connectivity index (χ4n) is 2.76. The lowest BCUT2D eigenvalue weighted by atomic mass is 10.1. The molecule has 3 rings (SSSR count). The zero-order chi connectivity index (χ0) is 18.7. The molecular weight excluding hydrogens is 330 g/mol. The summed E-state index contributed by atoms with van der Waals surface area (Å²) in [4.78, 5) is 24.9. The van der Waals surface area contributed by atoms with Gasteiger partial charge in [-0.15, -0.1) is 0 Å². The van der Waals surface area contributed by atoms with Crippen LogP contribution in [-0.2, 0) is 9.59 Å². The summed E-state index contributed by atoms with van der Waals surface area (Å²) in [6.07, 6.45) is 0.563. The monoisotopic (exact) mass is 351 g/mol. The second kappa shape index (κ2) is 7.39. The summed E-state index contributed by atoms with van der Waals surface area (Å²) < 4.78 is 5.16. The smallest absolute Gasteiger partial charge is 0.271 e. The molecule has 1 aliphatic heterocycles. The van der Waals surface area contributed by atoms with E-state index in [-0.39, 0.29) is 18.2 Å². The van der Waals surface area contributed by atoms with Crippen molar-refractivity contribution in [1.82, 2.24) is 0 Å². The Kier molecular flexibility index (Phi) is 5.02. The first-order valence-electron chi connectivity index (χ1n) is 8.41. The van der Waals surface area contributed by atoms with E-state index in [4.69, 9.17) is 4.74 Å². The summed E-state index contributed by atoms with van der Waals surface area (Å²) in [6.45, 7) is 3.87. The number of ether oxygens (including phenoxy) is 1. The van der Waals surface area contributed by atoms with E-state index < -0.39 is 0 Å². The van der Waals surface area contributed by atoms with Crippen molar-refractivity contribution in [3.8, 4) is 5.75 Å². The second-order valence-corrected chi connectivity index (χ2v) is 6.23. The molecule has 134 valence electrons. The maximum absolute atomic E-state index is 12.6. The molecule has 0 aliphatic carbocycles. The lowest BCUT2D eigenvalue weighted by Gasteiger charge is -2.24. The van der Waals surface area contributed by atoms with Crippen molar-refractivity contribution in [3.05, 3.63) is 53.6 Å². The van der Waals surface area contributed by atoms with Crippen LogP contribution >= 0.6 is 0 Å². The number of nitrogens with one attached hydrogen (secondary N) is 1. The minimum absolute atomic E-state index is 0.114. The highest BCUT2D eigenvalue weighted by Crippen LogP contribution is 2.26. The standard InChI is InChI=1S/C20H21N3O3/c1-13-7-8-14(2)18(11-13)23-19(24)10-9-17(22-23)20(25)21-15-5-4-6-16(12-15)26-3/h4-8,11-12H,9-10H2,1-3H3,(H,21,25). The Bertz CT molecular complexity index is 890. The molecule has 0 aromatic heterocycles. The quantitative estimate of drug-likeness (QED) is 0.917. The first-order chi connectivity index (χ1) is 12.5. The van der Waals surface area contributed by atoms with E-state index in [1.807, 2.05) is 32.0 Å². The molecule has 0 unspecified atom stereocenters. The summed E-state index contributed by atoms with van der Waals surface area (Å²) >= 11 is 0.